The van der Waals surface area contributed by atoms with Crippen molar-refractivity contribution in [3.63, 3.8) is 0 Å². The highest BCUT2D eigenvalue weighted by Crippen LogP contribution is 2.41. The highest BCUT2D eigenvalue weighted by atomic mass is 32.1. The molecule has 0 N–H and O–H groups in total. The molecule has 0 fully saturated rings. The van der Waals surface area contributed by atoms with Crippen molar-refractivity contribution in [2.45, 2.75) is 0 Å². The first-order chi connectivity index (χ1) is 19.8. The van der Waals surface area contributed by atoms with Gasteiger partial charge in [-0.05, 0) is 46.8 Å². The van der Waals surface area contributed by atoms with E-state index < -0.39 is 0 Å². The Morgan fingerprint density at radius 1 is 0.450 bits per heavy atom. The summed E-state index contributed by atoms with van der Waals surface area (Å²) >= 11 is 3.61. The van der Waals surface area contributed by atoms with Crippen molar-refractivity contribution in [3.05, 3.63) is 133 Å². The van der Waals surface area contributed by atoms with E-state index in [0.717, 1.165) is 38.8 Å². The summed E-state index contributed by atoms with van der Waals surface area (Å²) in [5.41, 5.74) is 6.38. The van der Waals surface area contributed by atoms with Gasteiger partial charge in [-0.2, -0.15) is 0 Å². The molecule has 0 radical (unpaired) electrons. The van der Waals surface area contributed by atoms with E-state index in [-0.39, 0.29) is 0 Å². The van der Waals surface area contributed by atoms with Gasteiger partial charge in [0.2, 0.25) is 0 Å². The molecule has 0 saturated carbocycles. The van der Waals surface area contributed by atoms with Gasteiger partial charge in [0.15, 0.2) is 5.82 Å². The van der Waals surface area contributed by atoms with Gasteiger partial charge < -0.3 is 0 Å². The van der Waals surface area contributed by atoms with Crippen LogP contribution in [0.4, 0.5) is 0 Å². The van der Waals surface area contributed by atoms with Gasteiger partial charge in [0.25, 0.3) is 0 Å². The lowest BCUT2D eigenvalue weighted by Crippen LogP contribution is -1.95. The molecule has 0 bridgehead atoms. The molecule has 2 nitrogen and oxygen atoms in total. The quantitative estimate of drug-likeness (QED) is 0.219. The monoisotopic (exact) mass is 546 g/mol. The molecule has 0 amide bonds. The van der Waals surface area contributed by atoms with Crippen molar-refractivity contribution in [1.29, 1.82) is 0 Å². The Kier molecular flexibility index (Phi) is 5.54. The zero-order valence-electron chi connectivity index (χ0n) is 21.4. The van der Waals surface area contributed by atoms with Gasteiger partial charge in [-0.3, -0.25) is 0 Å². The van der Waals surface area contributed by atoms with Crippen LogP contribution in [0, 0.1) is 0 Å². The van der Waals surface area contributed by atoms with E-state index in [1.807, 2.05) is 17.4 Å². The van der Waals surface area contributed by atoms with Gasteiger partial charge in [-0.1, -0.05) is 103 Å². The summed E-state index contributed by atoms with van der Waals surface area (Å²) in [5.74, 6) is 0.737. The van der Waals surface area contributed by atoms with Crippen molar-refractivity contribution in [2.75, 3.05) is 0 Å². The number of thiophene rings is 2. The lowest BCUT2D eigenvalue weighted by atomic mass is 10.0. The maximum Gasteiger partial charge on any atom is 0.160 e. The molecule has 5 aromatic carbocycles. The number of nitrogens with zero attached hydrogens (tertiary/aromatic N) is 2. The Balaban J connectivity index is 1.36. The van der Waals surface area contributed by atoms with Gasteiger partial charge in [0.05, 0.1) is 16.3 Å². The van der Waals surface area contributed by atoms with Crippen LogP contribution < -0.4 is 0 Å². The molecule has 40 heavy (non-hydrogen) atoms. The van der Waals surface area contributed by atoms with Gasteiger partial charge in [0, 0.05) is 36.0 Å². The first-order valence-corrected chi connectivity index (χ1v) is 14.9. The first kappa shape index (κ1) is 23.3. The number of fused-ring (bicyclic) bond motifs is 4. The molecule has 4 heteroatoms. The fraction of sp³-hybridized carbons (Fsp3) is 0. The SMILES string of the molecule is c1ccc(-c2cccc(-c3nc(-c4cc5ccccc5s4)cc(-c4cccc5c4sc4ccccc45)n3)c2)cc1. The Labute approximate surface area is 239 Å². The minimum Gasteiger partial charge on any atom is -0.228 e. The first-order valence-electron chi connectivity index (χ1n) is 13.2. The third-order valence-electron chi connectivity index (χ3n) is 7.31. The topological polar surface area (TPSA) is 25.8 Å². The molecular weight excluding hydrogens is 525 g/mol. The fourth-order valence-electron chi connectivity index (χ4n) is 5.37. The normalized spacial score (nSPS) is 11.5. The van der Waals surface area contributed by atoms with Crippen LogP contribution >= 0.6 is 22.7 Å². The molecule has 0 aliphatic rings. The number of benzene rings is 5. The Morgan fingerprint density at radius 2 is 1.15 bits per heavy atom. The molecular formula is C36H22N2S2. The van der Waals surface area contributed by atoms with E-state index >= 15 is 0 Å². The molecule has 0 atom stereocenters. The molecule has 0 unspecified atom stereocenters. The molecule has 0 aliphatic carbocycles. The molecule has 0 spiro atoms. The van der Waals surface area contributed by atoms with Crippen molar-refractivity contribution in [3.8, 4) is 44.3 Å². The predicted molar refractivity (Wildman–Crippen MR) is 172 cm³/mol. The maximum atomic E-state index is 5.21. The van der Waals surface area contributed by atoms with Gasteiger partial charge in [0.1, 0.15) is 0 Å². The van der Waals surface area contributed by atoms with E-state index in [1.54, 1.807) is 11.3 Å². The summed E-state index contributed by atoms with van der Waals surface area (Å²) in [6, 6.07) is 47.2. The standard InChI is InChI=1S/C36H22N2S2/c1-2-10-23(11-3-1)24-13-8-14-26(20-24)36-37-30(22-31(38-36)34-21-25-12-4-6-18-32(25)39-34)29-17-9-16-28-27-15-5-7-19-33(27)40-35(28)29/h1-22H. The fourth-order valence-corrected chi connectivity index (χ4v) is 7.61. The Bertz CT molecular complexity index is 2140. The third kappa shape index (κ3) is 4.01. The van der Waals surface area contributed by atoms with Gasteiger partial charge in [-0.15, -0.1) is 22.7 Å². The van der Waals surface area contributed by atoms with Crippen molar-refractivity contribution < 1.29 is 0 Å². The zero-order chi connectivity index (χ0) is 26.5. The lowest BCUT2D eigenvalue weighted by molar-refractivity contribution is 1.19. The molecule has 0 aliphatic heterocycles. The van der Waals surface area contributed by atoms with Crippen LogP contribution in [-0.2, 0) is 0 Å². The van der Waals surface area contributed by atoms with Gasteiger partial charge >= 0.3 is 0 Å². The average molecular weight is 547 g/mol. The largest absolute Gasteiger partial charge is 0.228 e. The van der Waals surface area contributed by atoms with Crippen LogP contribution in [0.1, 0.15) is 0 Å². The second kappa shape index (κ2) is 9.53. The highest BCUT2D eigenvalue weighted by Gasteiger charge is 2.16. The molecule has 0 saturated heterocycles. The molecule has 8 rings (SSSR count). The summed E-state index contributed by atoms with van der Waals surface area (Å²) in [4.78, 5) is 11.5. The Hall–Kier alpha value is -4.64. The van der Waals surface area contributed by atoms with Crippen LogP contribution in [0.15, 0.2) is 133 Å². The summed E-state index contributed by atoms with van der Waals surface area (Å²) in [6.45, 7) is 0. The molecule has 3 aromatic heterocycles. The van der Waals surface area contributed by atoms with Crippen LogP contribution in [0.2, 0.25) is 0 Å². The van der Waals surface area contributed by atoms with Crippen LogP contribution in [-0.4, -0.2) is 9.97 Å². The van der Waals surface area contributed by atoms with Crippen LogP contribution in [0.25, 0.3) is 74.6 Å². The van der Waals surface area contributed by atoms with E-state index in [2.05, 4.69) is 127 Å². The summed E-state index contributed by atoms with van der Waals surface area (Å²) in [6.07, 6.45) is 0. The third-order valence-corrected chi connectivity index (χ3v) is 9.67. The minimum absolute atomic E-state index is 0.737. The number of hydrogen-bond acceptors (Lipinski definition) is 4. The molecule has 8 aromatic rings. The average Bonchev–Trinajstić information content (AvgIpc) is 3.63. The Morgan fingerprint density at radius 3 is 2.05 bits per heavy atom. The second-order valence-electron chi connectivity index (χ2n) is 9.84. The van der Waals surface area contributed by atoms with Gasteiger partial charge in [-0.25, -0.2) is 9.97 Å². The molecule has 188 valence electrons. The summed E-state index contributed by atoms with van der Waals surface area (Å²) in [7, 11) is 0. The second-order valence-corrected chi connectivity index (χ2v) is 12.0. The summed E-state index contributed by atoms with van der Waals surface area (Å²) in [5, 5.41) is 3.80. The zero-order valence-corrected chi connectivity index (χ0v) is 23.0. The van der Waals surface area contributed by atoms with E-state index in [0.29, 0.717) is 0 Å². The van der Waals surface area contributed by atoms with Crippen molar-refractivity contribution >= 4 is 52.9 Å². The number of hydrogen-bond donors (Lipinski definition) is 0. The van der Waals surface area contributed by atoms with Crippen LogP contribution in [0.3, 0.4) is 0 Å². The highest BCUT2D eigenvalue weighted by molar-refractivity contribution is 7.26. The number of rotatable bonds is 4. The smallest absolute Gasteiger partial charge is 0.160 e. The molecule has 3 heterocycles. The number of aromatic nitrogens is 2. The van der Waals surface area contributed by atoms with E-state index in [9.17, 15) is 0 Å². The van der Waals surface area contributed by atoms with Crippen molar-refractivity contribution in [2.24, 2.45) is 0 Å². The lowest BCUT2D eigenvalue weighted by Gasteiger charge is -2.10. The summed E-state index contributed by atoms with van der Waals surface area (Å²) < 4.78 is 3.81. The van der Waals surface area contributed by atoms with Crippen molar-refractivity contribution in [1.82, 2.24) is 9.97 Å². The maximum absolute atomic E-state index is 5.21. The van der Waals surface area contributed by atoms with Crippen LogP contribution in [0.5, 0.6) is 0 Å². The predicted octanol–water partition coefficient (Wildman–Crippen LogP) is 10.7. The van der Waals surface area contributed by atoms with E-state index in [4.69, 9.17) is 9.97 Å². The van der Waals surface area contributed by atoms with E-state index in [1.165, 1.54) is 35.8 Å². The minimum atomic E-state index is 0.737.